The monoisotopic (exact) mass is 482 g/mol. The number of aromatic nitrogens is 4. The van der Waals surface area contributed by atoms with Crippen molar-refractivity contribution in [1.82, 2.24) is 19.1 Å². The number of nitrogens with zero attached hydrogens (tertiary/aromatic N) is 4. The second-order valence-electron chi connectivity index (χ2n) is 8.51. The molecule has 8 heteroatoms. The van der Waals surface area contributed by atoms with E-state index in [1.165, 1.54) is 0 Å². The Balaban J connectivity index is 1.16. The van der Waals surface area contributed by atoms with E-state index >= 15 is 0 Å². The fourth-order valence-corrected chi connectivity index (χ4v) is 7.24. The van der Waals surface area contributed by atoms with E-state index in [2.05, 4.69) is 34.2 Å². The van der Waals surface area contributed by atoms with Gasteiger partial charge < -0.3 is 0 Å². The van der Waals surface area contributed by atoms with Crippen LogP contribution in [0.2, 0.25) is 0 Å². The third-order valence-corrected chi connectivity index (χ3v) is 8.87. The van der Waals surface area contributed by atoms with Crippen molar-refractivity contribution in [1.29, 1.82) is 0 Å². The predicted octanol–water partition coefficient (Wildman–Crippen LogP) is 6.14. The minimum Gasteiger partial charge on any atom is -0.274 e. The summed E-state index contributed by atoms with van der Waals surface area (Å²) in [6.07, 6.45) is 0.857. The lowest BCUT2D eigenvalue weighted by molar-refractivity contribution is 0.0883. The van der Waals surface area contributed by atoms with Crippen molar-refractivity contribution in [2.75, 3.05) is 0 Å². The highest BCUT2D eigenvalue weighted by atomic mass is 32.2. The van der Waals surface area contributed by atoms with Gasteiger partial charge in [-0.2, -0.15) is 0 Å². The van der Waals surface area contributed by atoms with E-state index in [-0.39, 0.29) is 22.3 Å². The molecule has 166 valence electrons. The van der Waals surface area contributed by atoms with Crippen LogP contribution < -0.4 is 0 Å². The summed E-state index contributed by atoms with van der Waals surface area (Å²) in [6.45, 7) is 0. The number of para-hydroxylation sites is 4. The zero-order valence-electron chi connectivity index (χ0n) is 17.9. The fraction of sp³-hybridized carbons (Fsp3) is 0.154. The molecule has 7 rings (SSSR count). The number of hydrogen-bond donors (Lipinski definition) is 0. The molecule has 0 unspecified atom stereocenters. The molecule has 0 spiro atoms. The van der Waals surface area contributed by atoms with Crippen LogP contribution in [-0.2, 0) is 0 Å². The van der Waals surface area contributed by atoms with E-state index < -0.39 is 0 Å². The number of imidazole rings is 2. The van der Waals surface area contributed by atoms with Crippen molar-refractivity contribution in [2.24, 2.45) is 0 Å². The predicted molar refractivity (Wildman–Crippen MR) is 134 cm³/mol. The SMILES string of the molecule is O=C1C[C@@H](c2ccc([C@H]3CC(=O)n4c(nc5ccccc54)S3)cc2)Sc2nc3ccccc3n21. The van der Waals surface area contributed by atoms with Crippen molar-refractivity contribution in [2.45, 2.75) is 33.7 Å². The quantitative estimate of drug-likeness (QED) is 0.301. The zero-order chi connectivity index (χ0) is 22.8. The molecule has 2 aliphatic rings. The van der Waals surface area contributed by atoms with E-state index in [1.54, 1.807) is 32.7 Å². The molecule has 34 heavy (non-hydrogen) atoms. The molecule has 0 aliphatic carbocycles. The van der Waals surface area contributed by atoms with Gasteiger partial charge in [-0.15, -0.1) is 0 Å². The van der Waals surface area contributed by atoms with Gasteiger partial charge >= 0.3 is 0 Å². The molecule has 0 bridgehead atoms. The van der Waals surface area contributed by atoms with Crippen molar-refractivity contribution < 1.29 is 9.59 Å². The van der Waals surface area contributed by atoms with E-state index in [4.69, 9.17) is 0 Å². The summed E-state index contributed by atoms with van der Waals surface area (Å²) in [5, 5.41) is 1.55. The van der Waals surface area contributed by atoms with Crippen LogP contribution in [0.25, 0.3) is 22.1 Å². The van der Waals surface area contributed by atoms with Crippen LogP contribution in [0.5, 0.6) is 0 Å². The first-order chi connectivity index (χ1) is 16.7. The second-order valence-corrected chi connectivity index (χ2v) is 10.9. The van der Waals surface area contributed by atoms with Gasteiger partial charge in [0.2, 0.25) is 11.8 Å². The largest absolute Gasteiger partial charge is 0.274 e. The minimum absolute atomic E-state index is 0.0238. The van der Waals surface area contributed by atoms with Crippen LogP contribution in [0.1, 0.15) is 44.1 Å². The molecule has 0 amide bonds. The molecule has 0 fully saturated rings. The Morgan fingerprint density at radius 3 is 1.47 bits per heavy atom. The molecule has 2 aromatic heterocycles. The number of carbonyl (C=O) groups excluding carboxylic acids is 2. The molecular weight excluding hydrogens is 464 g/mol. The lowest BCUT2D eigenvalue weighted by atomic mass is 10.0. The van der Waals surface area contributed by atoms with Gasteiger partial charge in [-0.3, -0.25) is 18.7 Å². The standard InChI is InChI=1S/C26H18N4O2S2/c31-23-13-21(33-25-27-17-5-1-3-7-19(17)29(23)25)15-9-11-16(12-10-15)22-14-24(32)30-20-8-4-2-6-18(20)28-26(30)34-22/h1-12,21-22H,13-14H2/t21-,22+. The maximum atomic E-state index is 12.9. The average molecular weight is 483 g/mol. The maximum absolute atomic E-state index is 12.9. The summed E-state index contributed by atoms with van der Waals surface area (Å²) >= 11 is 3.27. The smallest absolute Gasteiger partial charge is 0.234 e. The Morgan fingerprint density at radius 1 is 0.618 bits per heavy atom. The van der Waals surface area contributed by atoms with Gasteiger partial charge in [0.05, 0.1) is 22.1 Å². The van der Waals surface area contributed by atoms with Gasteiger partial charge in [-0.25, -0.2) is 9.97 Å². The van der Waals surface area contributed by atoms with Crippen molar-refractivity contribution >= 4 is 57.4 Å². The summed E-state index contributed by atoms with van der Waals surface area (Å²) in [7, 11) is 0. The molecule has 2 atom stereocenters. The lowest BCUT2D eigenvalue weighted by Crippen LogP contribution is -2.20. The van der Waals surface area contributed by atoms with Crippen molar-refractivity contribution in [3.63, 3.8) is 0 Å². The van der Waals surface area contributed by atoms with Gasteiger partial charge in [0, 0.05) is 23.3 Å². The first-order valence-corrected chi connectivity index (χ1v) is 12.9. The highest BCUT2D eigenvalue weighted by Gasteiger charge is 2.32. The number of benzene rings is 3. The molecule has 4 heterocycles. The van der Waals surface area contributed by atoms with E-state index in [9.17, 15) is 9.59 Å². The maximum Gasteiger partial charge on any atom is 0.234 e. The molecule has 2 aliphatic heterocycles. The van der Waals surface area contributed by atoms with Crippen LogP contribution in [0.4, 0.5) is 0 Å². The van der Waals surface area contributed by atoms with Gasteiger partial charge in [0.15, 0.2) is 10.3 Å². The molecule has 0 N–H and O–H groups in total. The molecule has 6 nitrogen and oxygen atoms in total. The summed E-state index contributed by atoms with van der Waals surface area (Å²) in [6, 6.07) is 23.8. The first kappa shape index (κ1) is 20.1. The van der Waals surface area contributed by atoms with Gasteiger partial charge in [0.1, 0.15) is 0 Å². The average Bonchev–Trinajstić information content (AvgIpc) is 3.42. The third kappa shape index (κ3) is 3.05. The number of carbonyl (C=O) groups is 2. The second kappa shape index (κ2) is 7.58. The Morgan fingerprint density at radius 2 is 1.03 bits per heavy atom. The first-order valence-electron chi connectivity index (χ1n) is 11.1. The topological polar surface area (TPSA) is 69.8 Å². The van der Waals surface area contributed by atoms with Crippen LogP contribution in [0, 0.1) is 0 Å². The van der Waals surface area contributed by atoms with Crippen LogP contribution in [-0.4, -0.2) is 30.9 Å². The van der Waals surface area contributed by atoms with Crippen LogP contribution in [0.15, 0.2) is 83.1 Å². The molecule has 3 aromatic carbocycles. The lowest BCUT2D eigenvalue weighted by Gasteiger charge is -2.24. The third-order valence-electron chi connectivity index (χ3n) is 6.45. The van der Waals surface area contributed by atoms with E-state index in [0.29, 0.717) is 12.8 Å². The summed E-state index contributed by atoms with van der Waals surface area (Å²) in [5.74, 6) is 0.146. The Kier molecular flexibility index (Phi) is 4.47. The molecule has 0 saturated heterocycles. The Hall–Kier alpha value is -3.36. The summed E-state index contributed by atoms with van der Waals surface area (Å²) in [5.41, 5.74) is 5.63. The number of rotatable bonds is 2. The molecule has 0 saturated carbocycles. The number of thioether (sulfide) groups is 2. The van der Waals surface area contributed by atoms with Crippen molar-refractivity contribution in [3.05, 3.63) is 83.9 Å². The van der Waals surface area contributed by atoms with E-state index in [0.717, 1.165) is 43.5 Å². The molecular formula is C26H18N4O2S2. The van der Waals surface area contributed by atoms with Crippen LogP contribution >= 0.6 is 23.5 Å². The van der Waals surface area contributed by atoms with Gasteiger partial charge in [0.25, 0.3) is 0 Å². The molecule has 0 radical (unpaired) electrons. The normalized spacial score (nSPS) is 20.0. The zero-order valence-corrected chi connectivity index (χ0v) is 19.6. The van der Waals surface area contributed by atoms with Crippen LogP contribution in [0.3, 0.4) is 0 Å². The van der Waals surface area contributed by atoms with Gasteiger partial charge in [-0.05, 0) is 35.4 Å². The molecule has 5 aromatic rings. The number of hydrogen-bond acceptors (Lipinski definition) is 6. The number of fused-ring (bicyclic) bond motifs is 6. The van der Waals surface area contributed by atoms with Crippen molar-refractivity contribution in [3.8, 4) is 0 Å². The van der Waals surface area contributed by atoms with E-state index in [1.807, 2.05) is 48.5 Å². The highest BCUT2D eigenvalue weighted by Crippen LogP contribution is 2.45. The van der Waals surface area contributed by atoms with Gasteiger partial charge in [-0.1, -0.05) is 72.1 Å². The summed E-state index contributed by atoms with van der Waals surface area (Å²) in [4.78, 5) is 35.2. The minimum atomic E-state index is 0.0238. The summed E-state index contributed by atoms with van der Waals surface area (Å²) < 4.78 is 3.47. The Bertz CT molecular complexity index is 1500. The fourth-order valence-electron chi connectivity index (χ4n) is 4.78. The Labute approximate surface area is 203 Å². The highest BCUT2D eigenvalue weighted by molar-refractivity contribution is 7.99.